The van der Waals surface area contributed by atoms with Crippen LogP contribution in [0.3, 0.4) is 0 Å². The fourth-order valence-electron chi connectivity index (χ4n) is 2.38. The highest BCUT2D eigenvalue weighted by atomic mass is 32.2. The van der Waals surface area contributed by atoms with Crippen molar-refractivity contribution in [2.75, 3.05) is 5.32 Å². The molecule has 3 aromatic rings. The van der Waals surface area contributed by atoms with Gasteiger partial charge in [-0.25, -0.2) is 0 Å². The van der Waals surface area contributed by atoms with Crippen molar-refractivity contribution < 1.29 is 4.79 Å². The number of thioether (sulfide) groups is 1. The second-order valence-corrected chi connectivity index (χ2v) is 6.73. The molecule has 0 unspecified atom stereocenters. The molecule has 1 amide bonds. The highest BCUT2D eigenvalue weighted by molar-refractivity contribution is 7.98. The lowest BCUT2D eigenvalue weighted by Crippen LogP contribution is -2.11. The normalized spacial score (nSPS) is 10.4. The summed E-state index contributed by atoms with van der Waals surface area (Å²) in [7, 11) is 0. The molecule has 3 rings (SSSR count). The molecule has 1 aromatic heterocycles. The van der Waals surface area contributed by atoms with Crippen molar-refractivity contribution in [2.45, 2.75) is 24.0 Å². The Balaban J connectivity index is 1.57. The molecule has 2 aromatic carbocycles. The van der Waals surface area contributed by atoms with Gasteiger partial charge in [-0.1, -0.05) is 25.1 Å². The monoisotopic (exact) mass is 348 g/mol. The van der Waals surface area contributed by atoms with Crippen LogP contribution in [0.2, 0.25) is 0 Å². The van der Waals surface area contributed by atoms with Gasteiger partial charge in [0.1, 0.15) is 0 Å². The third-order valence-electron chi connectivity index (χ3n) is 3.86. The van der Waals surface area contributed by atoms with Crippen LogP contribution in [0.15, 0.2) is 78.0 Å². The summed E-state index contributed by atoms with van der Waals surface area (Å²) in [6.45, 7) is 2.10. The third-order valence-corrected chi connectivity index (χ3v) is 4.95. The Hall–Kier alpha value is -2.59. The molecule has 0 radical (unpaired) electrons. The summed E-state index contributed by atoms with van der Waals surface area (Å²) < 4.78 is 0. The van der Waals surface area contributed by atoms with Crippen molar-refractivity contribution in [2.24, 2.45) is 0 Å². The van der Waals surface area contributed by atoms with Crippen LogP contribution in [0.25, 0.3) is 0 Å². The first-order valence-electron chi connectivity index (χ1n) is 8.26. The van der Waals surface area contributed by atoms with Gasteiger partial charge in [0, 0.05) is 34.3 Å². The van der Waals surface area contributed by atoms with E-state index < -0.39 is 0 Å². The summed E-state index contributed by atoms with van der Waals surface area (Å²) in [6, 6.07) is 19.7. The molecule has 0 saturated heterocycles. The Bertz CT molecular complexity index is 815. The minimum Gasteiger partial charge on any atom is -0.322 e. The summed E-state index contributed by atoms with van der Waals surface area (Å²) in [4.78, 5) is 17.6. The molecule has 126 valence electrons. The van der Waals surface area contributed by atoms with Gasteiger partial charge in [-0.05, 0) is 60.0 Å². The van der Waals surface area contributed by atoms with E-state index in [1.165, 1.54) is 11.1 Å². The van der Waals surface area contributed by atoms with E-state index >= 15 is 0 Å². The summed E-state index contributed by atoms with van der Waals surface area (Å²) >= 11 is 1.75. The van der Waals surface area contributed by atoms with E-state index in [0.717, 1.165) is 22.8 Å². The summed E-state index contributed by atoms with van der Waals surface area (Å²) in [5, 5.41) is 2.94. The Labute approximate surface area is 152 Å². The zero-order chi connectivity index (χ0) is 17.5. The number of aryl methyl sites for hydroxylation is 1. The maximum Gasteiger partial charge on any atom is 0.255 e. The van der Waals surface area contributed by atoms with E-state index in [2.05, 4.69) is 23.3 Å². The molecule has 0 aliphatic rings. The Morgan fingerprint density at radius 2 is 1.76 bits per heavy atom. The van der Waals surface area contributed by atoms with E-state index in [0.29, 0.717) is 5.56 Å². The standard InChI is InChI=1S/C21H20N2OS/c1-2-16-5-7-18(8-6-16)21(24)23-19-9-11-20(12-10-19)25-15-17-4-3-13-22-14-17/h3-14H,2,15H2,1H3,(H,23,24). The molecule has 4 heteroatoms. The summed E-state index contributed by atoms with van der Waals surface area (Å²) in [6.07, 6.45) is 4.63. The van der Waals surface area contributed by atoms with Gasteiger partial charge in [-0.15, -0.1) is 11.8 Å². The van der Waals surface area contributed by atoms with Crippen molar-refractivity contribution >= 4 is 23.4 Å². The summed E-state index contributed by atoms with van der Waals surface area (Å²) in [5.74, 6) is 0.793. The van der Waals surface area contributed by atoms with Crippen molar-refractivity contribution in [3.63, 3.8) is 0 Å². The quantitative estimate of drug-likeness (QED) is 0.623. The molecule has 1 N–H and O–H groups in total. The topological polar surface area (TPSA) is 42.0 Å². The van der Waals surface area contributed by atoms with Gasteiger partial charge in [0.15, 0.2) is 0 Å². The number of hydrogen-bond acceptors (Lipinski definition) is 3. The molecule has 0 spiro atoms. The average molecular weight is 348 g/mol. The number of anilines is 1. The fourth-order valence-corrected chi connectivity index (χ4v) is 3.21. The lowest BCUT2D eigenvalue weighted by atomic mass is 10.1. The predicted molar refractivity (Wildman–Crippen MR) is 104 cm³/mol. The maximum absolute atomic E-state index is 12.3. The molecule has 0 fully saturated rings. The highest BCUT2D eigenvalue weighted by Crippen LogP contribution is 2.24. The zero-order valence-corrected chi connectivity index (χ0v) is 14.9. The molecule has 0 saturated carbocycles. The SMILES string of the molecule is CCc1ccc(C(=O)Nc2ccc(SCc3cccnc3)cc2)cc1. The van der Waals surface area contributed by atoms with Crippen LogP contribution in [0.5, 0.6) is 0 Å². The molecule has 3 nitrogen and oxygen atoms in total. The van der Waals surface area contributed by atoms with Crippen LogP contribution < -0.4 is 5.32 Å². The number of rotatable bonds is 6. The van der Waals surface area contributed by atoms with Gasteiger partial charge in [0.25, 0.3) is 5.91 Å². The fraction of sp³-hybridized carbons (Fsp3) is 0.143. The third kappa shape index (κ3) is 4.94. The van der Waals surface area contributed by atoms with Crippen LogP contribution in [0.4, 0.5) is 5.69 Å². The lowest BCUT2D eigenvalue weighted by molar-refractivity contribution is 0.102. The summed E-state index contributed by atoms with van der Waals surface area (Å²) in [5.41, 5.74) is 3.90. The zero-order valence-electron chi connectivity index (χ0n) is 14.1. The molecule has 0 atom stereocenters. The van der Waals surface area contributed by atoms with Gasteiger partial charge in [-0.2, -0.15) is 0 Å². The van der Waals surface area contributed by atoms with Crippen molar-refractivity contribution in [3.8, 4) is 0 Å². The van der Waals surface area contributed by atoms with Crippen LogP contribution >= 0.6 is 11.8 Å². The number of carbonyl (C=O) groups is 1. The van der Waals surface area contributed by atoms with E-state index in [-0.39, 0.29) is 5.91 Å². The van der Waals surface area contributed by atoms with Crippen LogP contribution in [0.1, 0.15) is 28.4 Å². The number of hydrogen-bond donors (Lipinski definition) is 1. The van der Waals surface area contributed by atoms with E-state index in [9.17, 15) is 4.79 Å². The molecular formula is C21H20N2OS. The van der Waals surface area contributed by atoms with Crippen molar-refractivity contribution in [1.29, 1.82) is 0 Å². The smallest absolute Gasteiger partial charge is 0.255 e. The van der Waals surface area contributed by atoms with Crippen molar-refractivity contribution in [3.05, 3.63) is 89.7 Å². The second kappa shape index (κ2) is 8.49. The molecule has 25 heavy (non-hydrogen) atoms. The van der Waals surface area contributed by atoms with Gasteiger partial charge < -0.3 is 5.32 Å². The number of carbonyl (C=O) groups excluding carboxylic acids is 1. The van der Waals surface area contributed by atoms with Crippen LogP contribution in [-0.2, 0) is 12.2 Å². The number of pyridine rings is 1. The first-order chi connectivity index (χ1) is 12.2. The Kier molecular flexibility index (Phi) is 5.86. The Morgan fingerprint density at radius 1 is 1.00 bits per heavy atom. The molecule has 0 bridgehead atoms. The van der Waals surface area contributed by atoms with Gasteiger partial charge >= 0.3 is 0 Å². The lowest BCUT2D eigenvalue weighted by Gasteiger charge is -2.07. The molecule has 0 aliphatic carbocycles. The number of nitrogens with one attached hydrogen (secondary N) is 1. The average Bonchev–Trinajstić information content (AvgIpc) is 2.68. The van der Waals surface area contributed by atoms with Gasteiger partial charge in [-0.3, -0.25) is 9.78 Å². The Morgan fingerprint density at radius 3 is 2.40 bits per heavy atom. The molecular weight excluding hydrogens is 328 g/mol. The van der Waals surface area contributed by atoms with Gasteiger partial charge in [0.05, 0.1) is 0 Å². The van der Waals surface area contributed by atoms with E-state index in [4.69, 9.17) is 0 Å². The van der Waals surface area contributed by atoms with Crippen LogP contribution in [0, 0.1) is 0 Å². The minimum atomic E-state index is -0.0848. The van der Waals surface area contributed by atoms with Gasteiger partial charge in [0.2, 0.25) is 0 Å². The molecule has 0 aliphatic heterocycles. The minimum absolute atomic E-state index is 0.0848. The second-order valence-electron chi connectivity index (χ2n) is 5.68. The molecule has 1 heterocycles. The number of amides is 1. The number of aromatic nitrogens is 1. The first kappa shape index (κ1) is 17.2. The highest BCUT2D eigenvalue weighted by Gasteiger charge is 2.06. The van der Waals surface area contributed by atoms with Crippen molar-refractivity contribution in [1.82, 2.24) is 4.98 Å². The van der Waals surface area contributed by atoms with E-state index in [1.54, 1.807) is 18.0 Å². The predicted octanol–water partition coefficient (Wildman–Crippen LogP) is 5.19. The first-order valence-corrected chi connectivity index (χ1v) is 9.25. The maximum atomic E-state index is 12.3. The largest absolute Gasteiger partial charge is 0.322 e. The van der Waals surface area contributed by atoms with E-state index in [1.807, 2.05) is 60.8 Å². The van der Waals surface area contributed by atoms with Crippen LogP contribution in [-0.4, -0.2) is 10.9 Å². The number of nitrogens with zero attached hydrogens (tertiary/aromatic N) is 1. The number of benzene rings is 2.